The summed E-state index contributed by atoms with van der Waals surface area (Å²) in [4.78, 5) is 25.0. The molecule has 0 atom stereocenters. The van der Waals surface area contributed by atoms with Gasteiger partial charge < -0.3 is 10.2 Å². The number of benzene rings is 2. The van der Waals surface area contributed by atoms with Crippen molar-refractivity contribution in [2.45, 2.75) is 13.3 Å². The van der Waals surface area contributed by atoms with E-state index in [0.717, 1.165) is 6.07 Å². The molecule has 0 saturated carbocycles. The zero-order valence-corrected chi connectivity index (χ0v) is 14.3. The fourth-order valence-corrected chi connectivity index (χ4v) is 2.45. The lowest BCUT2D eigenvalue weighted by Crippen LogP contribution is -2.40. The monoisotopic (exact) mass is 366 g/mol. The van der Waals surface area contributed by atoms with E-state index >= 15 is 0 Å². The van der Waals surface area contributed by atoms with Gasteiger partial charge in [0.1, 0.15) is 18.2 Å². The molecule has 0 radical (unpaired) electrons. The number of hydrogen-bond acceptors (Lipinski definition) is 2. The van der Waals surface area contributed by atoms with Gasteiger partial charge in [0.05, 0.1) is 5.02 Å². The zero-order chi connectivity index (χ0) is 18.4. The first kappa shape index (κ1) is 18.9. The third-order valence-corrected chi connectivity index (χ3v) is 3.86. The van der Waals surface area contributed by atoms with Gasteiger partial charge in [-0.2, -0.15) is 0 Å². The minimum atomic E-state index is -0.608. The molecule has 2 aromatic carbocycles. The van der Waals surface area contributed by atoms with Gasteiger partial charge in [0.15, 0.2) is 0 Å². The molecule has 7 heteroatoms. The Morgan fingerprint density at radius 2 is 1.84 bits per heavy atom. The molecule has 0 aliphatic heterocycles. The smallest absolute Gasteiger partial charge is 0.240 e. The summed E-state index contributed by atoms with van der Waals surface area (Å²) in [5.41, 5.74) is 0.819. The molecule has 0 spiro atoms. The quantitative estimate of drug-likeness (QED) is 0.852. The Labute approximate surface area is 149 Å². The molecular weight excluding hydrogens is 350 g/mol. The molecule has 0 aliphatic carbocycles. The Balaban J connectivity index is 1.95. The molecular formula is C18H17ClF2N2O2. The number of carbonyl (C=O) groups is 2. The molecule has 0 saturated heterocycles. The van der Waals surface area contributed by atoms with Crippen LogP contribution in [-0.4, -0.2) is 24.9 Å². The molecule has 0 heterocycles. The van der Waals surface area contributed by atoms with E-state index in [1.54, 1.807) is 18.2 Å². The van der Waals surface area contributed by atoms with Gasteiger partial charge in [-0.1, -0.05) is 29.8 Å². The van der Waals surface area contributed by atoms with E-state index in [9.17, 15) is 18.4 Å². The van der Waals surface area contributed by atoms with Crippen molar-refractivity contribution in [3.05, 3.63) is 64.7 Å². The highest BCUT2D eigenvalue weighted by Gasteiger charge is 2.17. The van der Waals surface area contributed by atoms with Crippen LogP contribution in [0.25, 0.3) is 0 Å². The largest absolute Gasteiger partial charge is 0.354 e. The molecule has 132 valence electrons. The highest BCUT2D eigenvalue weighted by Crippen LogP contribution is 2.22. The van der Waals surface area contributed by atoms with Crippen LogP contribution in [0.3, 0.4) is 0 Å². The van der Waals surface area contributed by atoms with Gasteiger partial charge in [-0.15, -0.1) is 0 Å². The molecule has 0 fully saturated rings. The lowest BCUT2D eigenvalue weighted by molar-refractivity contribution is -0.123. The predicted octanol–water partition coefficient (Wildman–Crippen LogP) is 3.33. The van der Waals surface area contributed by atoms with E-state index < -0.39 is 11.7 Å². The van der Waals surface area contributed by atoms with Crippen LogP contribution >= 0.6 is 11.6 Å². The van der Waals surface area contributed by atoms with Crippen molar-refractivity contribution in [2.75, 3.05) is 18.0 Å². The third-order valence-electron chi connectivity index (χ3n) is 3.57. The van der Waals surface area contributed by atoms with Crippen molar-refractivity contribution < 1.29 is 18.4 Å². The van der Waals surface area contributed by atoms with E-state index in [-0.39, 0.29) is 29.8 Å². The van der Waals surface area contributed by atoms with Crippen LogP contribution in [-0.2, 0) is 16.0 Å². The molecule has 0 aliphatic rings. The van der Waals surface area contributed by atoms with Crippen molar-refractivity contribution in [3.63, 3.8) is 0 Å². The SMILES string of the molecule is CC(=O)N(CC(=O)NCCc1ccccc1F)c1ccc(F)c(Cl)c1. The van der Waals surface area contributed by atoms with Crippen LogP contribution in [0.4, 0.5) is 14.5 Å². The normalized spacial score (nSPS) is 10.4. The minimum absolute atomic E-state index is 0.135. The third kappa shape index (κ3) is 5.26. The van der Waals surface area contributed by atoms with Crippen LogP contribution in [0.2, 0.25) is 5.02 Å². The topological polar surface area (TPSA) is 49.4 Å². The Morgan fingerprint density at radius 1 is 1.12 bits per heavy atom. The summed E-state index contributed by atoms with van der Waals surface area (Å²) in [5, 5.41) is 2.50. The Bertz CT molecular complexity index is 783. The van der Waals surface area contributed by atoms with E-state index in [1.165, 1.54) is 30.0 Å². The van der Waals surface area contributed by atoms with Crippen molar-refractivity contribution in [1.29, 1.82) is 0 Å². The molecule has 0 bridgehead atoms. The number of nitrogens with one attached hydrogen (secondary N) is 1. The number of halogens is 3. The second-order valence-electron chi connectivity index (χ2n) is 5.39. The maximum Gasteiger partial charge on any atom is 0.240 e. The van der Waals surface area contributed by atoms with E-state index in [4.69, 9.17) is 11.6 Å². The molecule has 2 rings (SSSR count). The molecule has 2 aromatic rings. The second kappa shape index (κ2) is 8.58. The predicted molar refractivity (Wildman–Crippen MR) is 92.6 cm³/mol. The number of anilines is 1. The lowest BCUT2D eigenvalue weighted by atomic mass is 10.1. The van der Waals surface area contributed by atoms with Crippen molar-refractivity contribution in [1.82, 2.24) is 5.32 Å². The fourth-order valence-electron chi connectivity index (χ4n) is 2.27. The first-order valence-electron chi connectivity index (χ1n) is 7.61. The standard InChI is InChI=1S/C18H17ClF2N2O2/c1-12(24)23(14-6-7-17(21)15(19)10-14)11-18(25)22-9-8-13-4-2-3-5-16(13)20/h2-7,10H,8-9,11H2,1H3,(H,22,25). The van der Waals surface area contributed by atoms with Gasteiger partial charge in [-0.25, -0.2) is 8.78 Å². The summed E-state index contributed by atoms with van der Waals surface area (Å²) >= 11 is 5.72. The number of rotatable bonds is 6. The summed E-state index contributed by atoms with van der Waals surface area (Å²) < 4.78 is 26.8. The lowest BCUT2D eigenvalue weighted by Gasteiger charge is -2.21. The van der Waals surface area contributed by atoms with Gasteiger partial charge in [0, 0.05) is 19.2 Å². The molecule has 0 aromatic heterocycles. The summed E-state index contributed by atoms with van der Waals surface area (Å²) in [6, 6.07) is 10.1. The molecule has 25 heavy (non-hydrogen) atoms. The number of hydrogen-bond donors (Lipinski definition) is 1. The minimum Gasteiger partial charge on any atom is -0.354 e. The van der Waals surface area contributed by atoms with Gasteiger partial charge in [-0.05, 0) is 36.2 Å². The summed E-state index contributed by atoms with van der Waals surface area (Å²) in [6.07, 6.45) is 0.334. The van der Waals surface area contributed by atoms with Gasteiger partial charge in [0.2, 0.25) is 11.8 Å². The zero-order valence-electron chi connectivity index (χ0n) is 13.6. The first-order chi connectivity index (χ1) is 11.9. The Morgan fingerprint density at radius 3 is 2.48 bits per heavy atom. The van der Waals surface area contributed by atoms with Crippen molar-refractivity contribution in [3.8, 4) is 0 Å². The average Bonchev–Trinajstić information content (AvgIpc) is 2.57. The van der Waals surface area contributed by atoms with Gasteiger partial charge in [0.25, 0.3) is 0 Å². The van der Waals surface area contributed by atoms with E-state index in [0.29, 0.717) is 17.7 Å². The molecule has 0 unspecified atom stereocenters. The fraction of sp³-hybridized carbons (Fsp3) is 0.222. The summed E-state index contributed by atoms with van der Waals surface area (Å²) in [7, 11) is 0. The van der Waals surface area contributed by atoms with Crippen molar-refractivity contribution in [2.24, 2.45) is 0 Å². The van der Waals surface area contributed by atoms with Crippen LogP contribution in [0.5, 0.6) is 0 Å². The molecule has 1 N–H and O–H groups in total. The van der Waals surface area contributed by atoms with E-state index in [2.05, 4.69) is 5.32 Å². The number of nitrogens with zero attached hydrogens (tertiary/aromatic N) is 1. The number of amides is 2. The second-order valence-corrected chi connectivity index (χ2v) is 5.80. The Kier molecular flexibility index (Phi) is 6.47. The van der Waals surface area contributed by atoms with Crippen molar-refractivity contribution >= 4 is 29.1 Å². The first-order valence-corrected chi connectivity index (χ1v) is 7.99. The Hall–Kier alpha value is -2.47. The van der Waals surface area contributed by atoms with Crippen LogP contribution in [0, 0.1) is 11.6 Å². The van der Waals surface area contributed by atoms with Gasteiger partial charge >= 0.3 is 0 Å². The van der Waals surface area contributed by atoms with Gasteiger partial charge in [-0.3, -0.25) is 9.59 Å². The molecule has 2 amide bonds. The maximum atomic E-state index is 13.5. The van der Waals surface area contributed by atoms with E-state index in [1.807, 2.05) is 0 Å². The highest BCUT2D eigenvalue weighted by molar-refractivity contribution is 6.31. The van der Waals surface area contributed by atoms with Crippen LogP contribution in [0.1, 0.15) is 12.5 Å². The summed E-state index contributed by atoms with van der Waals surface area (Å²) in [6.45, 7) is 1.29. The van der Waals surface area contributed by atoms with Crippen LogP contribution < -0.4 is 10.2 Å². The highest BCUT2D eigenvalue weighted by atomic mass is 35.5. The summed E-state index contributed by atoms with van der Waals surface area (Å²) in [5.74, 6) is -1.73. The maximum absolute atomic E-state index is 13.5. The van der Waals surface area contributed by atoms with Crippen LogP contribution in [0.15, 0.2) is 42.5 Å². The number of carbonyl (C=O) groups excluding carboxylic acids is 2. The molecule has 4 nitrogen and oxygen atoms in total. The average molecular weight is 367 g/mol.